The van der Waals surface area contributed by atoms with Crippen molar-refractivity contribution in [2.24, 2.45) is 5.92 Å². The molecule has 0 aliphatic heterocycles. The first-order chi connectivity index (χ1) is 3.66. The van der Waals surface area contributed by atoms with Gasteiger partial charge in [-0.15, -0.1) is 5.79 Å². The van der Waals surface area contributed by atoms with Crippen LogP contribution in [-0.4, -0.2) is 19.6 Å². The molecule has 0 saturated heterocycles. The first-order valence-electron chi connectivity index (χ1n) is 3.66. The van der Waals surface area contributed by atoms with Crippen LogP contribution in [0.3, 0.4) is 0 Å². The summed E-state index contributed by atoms with van der Waals surface area (Å²) in [6.07, 6.45) is 0. The van der Waals surface area contributed by atoms with Gasteiger partial charge in [0.25, 0.3) is 14.1 Å². The number of hydrogen-bond acceptors (Lipinski definition) is 0. The molecule has 0 aromatic carbocycles. The van der Waals surface area contributed by atoms with Crippen molar-refractivity contribution in [1.82, 2.24) is 0 Å². The molecule has 0 aliphatic carbocycles. The van der Waals surface area contributed by atoms with E-state index in [2.05, 4.69) is 26.6 Å². The molecule has 0 heterocycles. The van der Waals surface area contributed by atoms with Crippen LogP contribution >= 0.6 is 0 Å². The highest BCUT2D eigenvalue weighted by atomic mass is 27.2. The van der Waals surface area contributed by atoms with Crippen LogP contribution in [0.2, 0.25) is 16.4 Å². The van der Waals surface area contributed by atoms with E-state index >= 15 is 0 Å². The molecule has 2 heteroatoms. The van der Waals surface area contributed by atoms with Crippen molar-refractivity contribution in [1.29, 1.82) is 0 Å². The van der Waals surface area contributed by atoms with Gasteiger partial charge in [0, 0.05) is 0 Å². The van der Waals surface area contributed by atoms with Gasteiger partial charge in [0.2, 0.25) is 0 Å². The van der Waals surface area contributed by atoms with E-state index in [1.807, 2.05) is 0 Å². The number of rotatable bonds is 3. The van der Waals surface area contributed by atoms with E-state index in [0.717, 1.165) is 5.92 Å². The fourth-order valence-electron chi connectivity index (χ4n) is 0.971. The van der Waals surface area contributed by atoms with Gasteiger partial charge in [0.1, 0.15) is 0 Å². The lowest BCUT2D eigenvalue weighted by atomic mass is 10.3. The van der Waals surface area contributed by atoms with E-state index in [-0.39, 0.29) is 19.6 Å². The SMILES string of the molecule is C[CH2][Al]([CH3])[CH2]C(C)C.O. The van der Waals surface area contributed by atoms with Gasteiger partial charge in [-0.25, -0.2) is 0 Å². The zero-order valence-corrected chi connectivity index (χ0v) is 8.22. The van der Waals surface area contributed by atoms with E-state index in [9.17, 15) is 0 Å². The van der Waals surface area contributed by atoms with E-state index in [1.54, 1.807) is 0 Å². The zero-order chi connectivity index (χ0) is 6.57. The predicted octanol–water partition coefficient (Wildman–Crippen LogP) is 1.96. The molecule has 0 aromatic heterocycles. The van der Waals surface area contributed by atoms with Gasteiger partial charge in [-0.3, -0.25) is 0 Å². The molecule has 9 heavy (non-hydrogen) atoms. The maximum atomic E-state index is 2.46. The van der Waals surface area contributed by atoms with Gasteiger partial charge in [0.05, 0.1) is 0 Å². The van der Waals surface area contributed by atoms with Gasteiger partial charge in [-0.2, -0.15) is 0 Å². The summed E-state index contributed by atoms with van der Waals surface area (Å²) < 4.78 is 0. The maximum Gasteiger partial charge on any atom is 0.258 e. The Kier molecular flexibility index (Phi) is 8.96. The van der Waals surface area contributed by atoms with Crippen molar-refractivity contribution in [3.05, 3.63) is 0 Å². The largest absolute Gasteiger partial charge is 0.412 e. The second kappa shape index (κ2) is 6.61. The molecule has 0 aliphatic rings. The van der Waals surface area contributed by atoms with E-state index < -0.39 is 0 Å². The molecule has 0 spiro atoms. The second-order valence-electron chi connectivity index (χ2n) is 3.14. The topological polar surface area (TPSA) is 31.5 Å². The van der Waals surface area contributed by atoms with Crippen LogP contribution < -0.4 is 0 Å². The summed E-state index contributed by atoms with van der Waals surface area (Å²) in [5.41, 5.74) is 0. The molecule has 1 nitrogen and oxygen atoms in total. The Labute approximate surface area is 63.2 Å². The van der Waals surface area contributed by atoms with Gasteiger partial charge >= 0.3 is 0 Å². The lowest BCUT2D eigenvalue weighted by Crippen LogP contribution is -2.07. The molecular formula is C7H19AlO. The highest BCUT2D eigenvalue weighted by Gasteiger charge is 2.07. The van der Waals surface area contributed by atoms with Gasteiger partial charge in [0.15, 0.2) is 0 Å². The molecular weight excluding hydrogens is 127 g/mol. The minimum absolute atomic E-state index is 0. The molecule has 0 unspecified atom stereocenters. The van der Waals surface area contributed by atoms with Crippen molar-refractivity contribution >= 4 is 14.1 Å². The summed E-state index contributed by atoms with van der Waals surface area (Å²) in [4.78, 5) is 0. The Morgan fingerprint density at radius 3 is 1.89 bits per heavy atom. The van der Waals surface area contributed by atoms with E-state index in [4.69, 9.17) is 0 Å². The third-order valence-corrected chi connectivity index (χ3v) is 4.71. The lowest BCUT2D eigenvalue weighted by Gasteiger charge is -2.04. The van der Waals surface area contributed by atoms with Gasteiger partial charge < -0.3 is 5.48 Å². The third-order valence-electron chi connectivity index (χ3n) is 1.57. The minimum atomic E-state index is -0.239. The molecule has 0 bridgehead atoms. The van der Waals surface area contributed by atoms with Crippen molar-refractivity contribution in [2.75, 3.05) is 0 Å². The Hall–Kier alpha value is 0.492. The summed E-state index contributed by atoms with van der Waals surface area (Å²) in [6, 6.07) is 0. The Bertz CT molecular complexity index is 54.9. The first-order valence-corrected chi connectivity index (χ1v) is 6.45. The molecule has 0 radical (unpaired) electrons. The quantitative estimate of drug-likeness (QED) is 0.545. The fraction of sp³-hybridized carbons (Fsp3) is 1.00. The van der Waals surface area contributed by atoms with E-state index in [1.165, 1.54) is 10.6 Å². The normalized spacial score (nSPS) is 9.00. The van der Waals surface area contributed by atoms with Crippen LogP contribution in [-0.2, 0) is 0 Å². The predicted molar refractivity (Wildman–Crippen MR) is 45.4 cm³/mol. The first kappa shape index (κ1) is 12.2. The van der Waals surface area contributed by atoms with Crippen molar-refractivity contribution in [3.63, 3.8) is 0 Å². The molecule has 0 saturated carbocycles. The molecule has 0 rings (SSSR count). The Morgan fingerprint density at radius 1 is 1.33 bits per heavy atom. The molecule has 0 atom stereocenters. The zero-order valence-electron chi connectivity index (χ0n) is 7.07. The van der Waals surface area contributed by atoms with Crippen molar-refractivity contribution in [2.45, 2.75) is 37.1 Å². The van der Waals surface area contributed by atoms with Crippen LogP contribution in [0.15, 0.2) is 0 Å². The van der Waals surface area contributed by atoms with Crippen LogP contribution in [0.4, 0.5) is 0 Å². The third kappa shape index (κ3) is 8.49. The highest BCUT2D eigenvalue weighted by Crippen LogP contribution is 2.07. The molecule has 0 fully saturated rings. The highest BCUT2D eigenvalue weighted by molar-refractivity contribution is 6.57. The Balaban J connectivity index is 0. The minimum Gasteiger partial charge on any atom is -0.412 e. The van der Waals surface area contributed by atoms with Crippen LogP contribution in [0.1, 0.15) is 20.8 Å². The summed E-state index contributed by atoms with van der Waals surface area (Å²) in [5, 5.41) is 2.99. The summed E-state index contributed by atoms with van der Waals surface area (Å²) in [5.74, 6) is 3.40. The summed E-state index contributed by atoms with van der Waals surface area (Å²) >= 11 is -0.239. The van der Waals surface area contributed by atoms with Crippen LogP contribution in [0.25, 0.3) is 0 Å². The molecule has 2 N–H and O–H groups in total. The van der Waals surface area contributed by atoms with Crippen molar-refractivity contribution in [3.8, 4) is 0 Å². The van der Waals surface area contributed by atoms with Crippen LogP contribution in [0.5, 0.6) is 0 Å². The second-order valence-corrected chi connectivity index (χ2v) is 6.64. The summed E-state index contributed by atoms with van der Waals surface area (Å²) in [7, 11) is 0. The standard InChI is InChI=1S/C4H9.C2H5.CH3.Al.H2O/c1-4(2)3;1-2;;;/h4H,1H2,2-3H3;1H2,2H3;1H3;;1H2. The fourth-order valence-corrected chi connectivity index (χ4v) is 2.91. The van der Waals surface area contributed by atoms with Crippen LogP contribution in [0, 0.1) is 5.92 Å². The average molecular weight is 146 g/mol. The van der Waals surface area contributed by atoms with E-state index in [0.29, 0.717) is 0 Å². The van der Waals surface area contributed by atoms with Gasteiger partial charge in [-0.05, 0) is 0 Å². The van der Waals surface area contributed by atoms with Crippen molar-refractivity contribution < 1.29 is 5.48 Å². The molecule has 0 amide bonds. The smallest absolute Gasteiger partial charge is 0.258 e. The number of hydrogen-bond donors (Lipinski definition) is 0. The maximum absolute atomic E-state index is 2.46. The Morgan fingerprint density at radius 2 is 1.78 bits per heavy atom. The van der Waals surface area contributed by atoms with Gasteiger partial charge in [-0.1, -0.05) is 37.3 Å². The average Bonchev–Trinajstić information content (AvgIpc) is 1.65. The molecule has 56 valence electrons. The molecule has 0 aromatic rings. The lowest BCUT2D eigenvalue weighted by molar-refractivity contribution is 0.724. The monoisotopic (exact) mass is 146 g/mol. The summed E-state index contributed by atoms with van der Waals surface area (Å²) in [6.45, 7) is 6.96.